The number of benzene rings is 1. The molecule has 2 aliphatic rings. The van der Waals surface area contributed by atoms with Crippen LogP contribution in [-0.4, -0.2) is 39.4 Å². The Morgan fingerprint density at radius 1 is 1.39 bits per heavy atom. The molecule has 0 aliphatic carbocycles. The molecule has 31 heavy (non-hydrogen) atoms. The Kier molecular flexibility index (Phi) is 6.14. The van der Waals surface area contributed by atoms with Crippen LogP contribution in [0, 0.1) is 0 Å². The van der Waals surface area contributed by atoms with Gasteiger partial charge in [-0.2, -0.15) is 0 Å². The van der Waals surface area contributed by atoms with Crippen molar-refractivity contribution in [3.05, 3.63) is 47.9 Å². The molecule has 7 nitrogen and oxygen atoms in total. The number of fused-ring (bicyclic) bond motifs is 1. The second kappa shape index (κ2) is 8.83. The minimum absolute atomic E-state index is 0.0891. The van der Waals surface area contributed by atoms with Crippen LogP contribution < -0.4 is 9.64 Å². The van der Waals surface area contributed by atoms with Gasteiger partial charge in [0.1, 0.15) is 22.7 Å². The van der Waals surface area contributed by atoms with E-state index in [1.165, 1.54) is 0 Å². The Morgan fingerprint density at radius 3 is 2.97 bits per heavy atom. The molecule has 1 saturated heterocycles. The molecular weight excluding hydrogens is 418 g/mol. The number of para-hydroxylation sites is 1. The van der Waals surface area contributed by atoms with Crippen LogP contribution >= 0.6 is 11.6 Å². The number of hydrogen-bond acceptors (Lipinski definition) is 7. The van der Waals surface area contributed by atoms with Gasteiger partial charge in [0.15, 0.2) is 17.7 Å². The molecule has 0 bridgehead atoms. The quantitative estimate of drug-likeness (QED) is 0.383. The highest BCUT2D eigenvalue weighted by atomic mass is 35.5. The molecule has 164 valence electrons. The third kappa shape index (κ3) is 4.51. The molecule has 3 atom stereocenters. The molecular formula is C23H26ClN3O4. The number of nitrogens with zero attached hydrogens (tertiary/aromatic N) is 3. The zero-order valence-corrected chi connectivity index (χ0v) is 18.5. The lowest BCUT2D eigenvalue weighted by Gasteiger charge is -2.46. The SMILES string of the molecule is CCCC(=O)OC(C)c1nccc(N2CCC3(CC(=O)c4ccccc4O3)C[C@H]2Cl)n1. The topological polar surface area (TPSA) is 81.6 Å². The van der Waals surface area contributed by atoms with Gasteiger partial charge in [-0.15, -0.1) is 0 Å². The standard InChI is InChI=1S/C23H26ClN3O4/c1-3-6-21(29)30-15(2)22-25-11-9-20(26-22)27-12-10-23(14-19(27)24)13-17(28)16-7-4-5-8-18(16)31-23/h4-5,7-9,11,15,19H,3,6,10,12-14H2,1-2H3/t15?,19-,23?/m0/s1. The van der Waals surface area contributed by atoms with Gasteiger partial charge in [0.25, 0.3) is 0 Å². The fraction of sp³-hybridized carbons (Fsp3) is 0.478. The molecule has 4 rings (SSSR count). The van der Waals surface area contributed by atoms with E-state index in [4.69, 9.17) is 21.1 Å². The number of esters is 1. The van der Waals surface area contributed by atoms with Crippen molar-refractivity contribution in [1.29, 1.82) is 0 Å². The van der Waals surface area contributed by atoms with Crippen molar-refractivity contribution in [2.24, 2.45) is 0 Å². The predicted octanol–water partition coefficient (Wildman–Crippen LogP) is 4.45. The fourth-order valence-corrected chi connectivity index (χ4v) is 4.65. The van der Waals surface area contributed by atoms with Crippen molar-refractivity contribution < 1.29 is 19.1 Å². The highest BCUT2D eigenvalue weighted by Crippen LogP contribution is 2.42. The van der Waals surface area contributed by atoms with Crippen LogP contribution in [0.4, 0.5) is 5.82 Å². The van der Waals surface area contributed by atoms with E-state index < -0.39 is 17.2 Å². The molecule has 2 aliphatic heterocycles. The summed E-state index contributed by atoms with van der Waals surface area (Å²) in [7, 11) is 0. The fourth-order valence-electron chi connectivity index (χ4n) is 4.17. The second-order valence-electron chi connectivity index (χ2n) is 8.12. The van der Waals surface area contributed by atoms with Crippen LogP contribution in [0.25, 0.3) is 0 Å². The first kappa shape index (κ1) is 21.6. The number of piperidine rings is 1. The number of rotatable bonds is 5. The normalized spacial score (nSPS) is 23.8. The van der Waals surface area contributed by atoms with Gasteiger partial charge in [-0.25, -0.2) is 9.97 Å². The van der Waals surface area contributed by atoms with E-state index in [1.807, 2.05) is 30.0 Å². The average Bonchev–Trinajstić information content (AvgIpc) is 2.74. The monoisotopic (exact) mass is 443 g/mol. The zero-order valence-electron chi connectivity index (χ0n) is 17.7. The summed E-state index contributed by atoms with van der Waals surface area (Å²) < 4.78 is 11.7. The van der Waals surface area contributed by atoms with E-state index in [1.54, 1.807) is 25.3 Å². The number of halogens is 1. The summed E-state index contributed by atoms with van der Waals surface area (Å²) in [4.78, 5) is 35.3. The Balaban J connectivity index is 1.48. The summed E-state index contributed by atoms with van der Waals surface area (Å²) in [5.74, 6) is 1.55. The summed E-state index contributed by atoms with van der Waals surface area (Å²) in [6.45, 7) is 4.27. The van der Waals surface area contributed by atoms with Gasteiger partial charge >= 0.3 is 5.97 Å². The number of ketones is 1. The molecule has 1 aromatic carbocycles. The third-order valence-electron chi connectivity index (χ3n) is 5.76. The van der Waals surface area contributed by atoms with Gasteiger partial charge in [-0.3, -0.25) is 9.59 Å². The highest BCUT2D eigenvalue weighted by molar-refractivity contribution is 6.22. The smallest absolute Gasteiger partial charge is 0.306 e. The van der Waals surface area contributed by atoms with Crippen LogP contribution in [0.2, 0.25) is 0 Å². The number of carbonyl (C=O) groups excluding carboxylic acids is 2. The van der Waals surface area contributed by atoms with Crippen LogP contribution in [0.3, 0.4) is 0 Å². The lowest BCUT2D eigenvalue weighted by Crippen LogP contribution is -2.54. The van der Waals surface area contributed by atoms with Crippen molar-refractivity contribution in [3.63, 3.8) is 0 Å². The van der Waals surface area contributed by atoms with Crippen molar-refractivity contribution in [2.75, 3.05) is 11.4 Å². The Hall–Kier alpha value is -2.67. The number of Topliss-reactive ketones (excluding diaryl/α,β-unsaturated/α-hetero) is 1. The van der Waals surface area contributed by atoms with Crippen LogP contribution in [0.1, 0.15) is 68.2 Å². The van der Waals surface area contributed by atoms with Gasteiger partial charge in [0.05, 0.1) is 12.0 Å². The minimum atomic E-state index is -0.604. The number of alkyl halides is 1. The molecule has 8 heteroatoms. The van der Waals surface area contributed by atoms with Crippen LogP contribution in [-0.2, 0) is 9.53 Å². The van der Waals surface area contributed by atoms with Gasteiger partial charge < -0.3 is 14.4 Å². The summed E-state index contributed by atoms with van der Waals surface area (Å²) in [5, 5.41) is 0. The van der Waals surface area contributed by atoms with Crippen LogP contribution in [0.5, 0.6) is 5.75 Å². The van der Waals surface area contributed by atoms with E-state index in [9.17, 15) is 9.59 Å². The van der Waals surface area contributed by atoms with Gasteiger partial charge in [-0.1, -0.05) is 30.7 Å². The molecule has 0 amide bonds. The number of ether oxygens (including phenoxy) is 2. The van der Waals surface area contributed by atoms with Crippen molar-refractivity contribution >= 4 is 29.2 Å². The maximum atomic E-state index is 12.7. The third-order valence-corrected chi connectivity index (χ3v) is 6.15. The van der Waals surface area contributed by atoms with Crippen molar-refractivity contribution in [1.82, 2.24) is 9.97 Å². The zero-order chi connectivity index (χ0) is 22.0. The first-order chi connectivity index (χ1) is 14.9. The second-order valence-corrected chi connectivity index (χ2v) is 8.62. The van der Waals surface area contributed by atoms with Crippen molar-refractivity contribution in [3.8, 4) is 5.75 Å². The summed E-state index contributed by atoms with van der Waals surface area (Å²) in [6, 6.07) is 9.14. The molecule has 0 radical (unpaired) electrons. The Morgan fingerprint density at radius 2 is 2.19 bits per heavy atom. The van der Waals surface area contributed by atoms with Crippen molar-refractivity contribution in [2.45, 2.75) is 63.2 Å². The Bertz CT molecular complexity index is 985. The number of aromatic nitrogens is 2. The maximum absolute atomic E-state index is 12.7. The largest absolute Gasteiger partial charge is 0.486 e. The Labute approximate surface area is 186 Å². The molecule has 1 spiro atoms. The summed E-state index contributed by atoms with van der Waals surface area (Å²) in [5.41, 5.74) is -0.367. The van der Waals surface area contributed by atoms with E-state index in [2.05, 4.69) is 9.97 Å². The van der Waals surface area contributed by atoms with Gasteiger partial charge in [0.2, 0.25) is 0 Å². The van der Waals surface area contributed by atoms with E-state index in [-0.39, 0.29) is 11.8 Å². The van der Waals surface area contributed by atoms with Gasteiger partial charge in [-0.05, 0) is 31.5 Å². The van der Waals surface area contributed by atoms with E-state index in [0.29, 0.717) is 55.2 Å². The predicted molar refractivity (Wildman–Crippen MR) is 116 cm³/mol. The first-order valence-electron chi connectivity index (χ1n) is 10.7. The lowest BCUT2D eigenvalue weighted by molar-refractivity contribution is -0.149. The minimum Gasteiger partial charge on any atom is -0.486 e. The number of anilines is 1. The number of hydrogen-bond donors (Lipinski definition) is 0. The molecule has 1 aromatic heterocycles. The first-order valence-corrected chi connectivity index (χ1v) is 11.1. The molecule has 1 fully saturated rings. The highest BCUT2D eigenvalue weighted by Gasteiger charge is 2.46. The lowest BCUT2D eigenvalue weighted by atomic mass is 9.82. The van der Waals surface area contributed by atoms with Gasteiger partial charge in [0, 0.05) is 32.0 Å². The van der Waals surface area contributed by atoms with E-state index >= 15 is 0 Å². The summed E-state index contributed by atoms with van der Waals surface area (Å²) >= 11 is 6.76. The van der Waals surface area contributed by atoms with E-state index in [0.717, 1.165) is 6.42 Å². The molecule has 2 unspecified atom stereocenters. The molecule has 0 N–H and O–H groups in total. The molecule has 0 saturated carbocycles. The average molecular weight is 444 g/mol. The maximum Gasteiger partial charge on any atom is 0.306 e. The molecule has 2 aromatic rings. The van der Waals surface area contributed by atoms with Crippen LogP contribution in [0.15, 0.2) is 36.5 Å². The molecule has 3 heterocycles. The number of carbonyl (C=O) groups is 2. The summed E-state index contributed by atoms with van der Waals surface area (Å²) in [6.07, 6.45) is 3.66.